The Morgan fingerprint density at radius 2 is 2.00 bits per heavy atom. The van der Waals surface area contributed by atoms with E-state index >= 15 is 0 Å². The van der Waals surface area contributed by atoms with Gasteiger partial charge in [-0.25, -0.2) is 0 Å². The Hall–Kier alpha value is 0.390. The van der Waals surface area contributed by atoms with Gasteiger partial charge in [0.15, 0.2) is 0 Å². The van der Waals surface area contributed by atoms with Crippen LogP contribution in [0.1, 0.15) is 46.0 Å². The highest BCUT2D eigenvalue weighted by Gasteiger charge is 2.03. The molecular formula is C9H21OP. The van der Waals surface area contributed by atoms with Crippen molar-refractivity contribution in [2.24, 2.45) is 5.92 Å². The molecule has 0 saturated carbocycles. The molecule has 0 bridgehead atoms. The van der Waals surface area contributed by atoms with Gasteiger partial charge in [-0.1, -0.05) is 46.0 Å². The van der Waals surface area contributed by atoms with Crippen molar-refractivity contribution < 1.29 is 4.89 Å². The molecule has 0 fully saturated rings. The highest BCUT2D eigenvalue weighted by Crippen LogP contribution is 2.19. The van der Waals surface area contributed by atoms with Gasteiger partial charge in [-0.2, -0.15) is 0 Å². The number of unbranched alkanes of at least 4 members (excludes halogenated alkanes) is 2. The molecule has 0 radical (unpaired) electrons. The van der Waals surface area contributed by atoms with Crippen LogP contribution >= 0.6 is 8.81 Å². The van der Waals surface area contributed by atoms with Crippen LogP contribution in [0.5, 0.6) is 0 Å². The van der Waals surface area contributed by atoms with Crippen molar-refractivity contribution in [2.75, 3.05) is 6.16 Å². The molecule has 0 aliphatic heterocycles. The fourth-order valence-corrected chi connectivity index (χ4v) is 2.01. The van der Waals surface area contributed by atoms with E-state index in [2.05, 4.69) is 13.8 Å². The summed E-state index contributed by atoms with van der Waals surface area (Å²) < 4.78 is 0. The zero-order valence-corrected chi connectivity index (χ0v) is 8.77. The first-order valence-electron chi connectivity index (χ1n) is 4.72. The standard InChI is InChI=1S/C9H21OP/c1-3-5-6-7-9(4-2)8-11-10/h9-11H,3-8H2,1-2H3. The van der Waals surface area contributed by atoms with E-state index in [9.17, 15) is 0 Å². The molecule has 11 heavy (non-hydrogen) atoms. The topological polar surface area (TPSA) is 20.2 Å². The lowest BCUT2D eigenvalue weighted by Crippen LogP contribution is -2.00. The maximum atomic E-state index is 8.75. The van der Waals surface area contributed by atoms with Crippen LogP contribution in [0.15, 0.2) is 0 Å². The van der Waals surface area contributed by atoms with Crippen LogP contribution < -0.4 is 0 Å². The van der Waals surface area contributed by atoms with E-state index in [1.54, 1.807) is 0 Å². The van der Waals surface area contributed by atoms with Crippen LogP contribution in [0, 0.1) is 5.92 Å². The van der Waals surface area contributed by atoms with Crippen molar-refractivity contribution in [1.82, 2.24) is 0 Å². The quantitative estimate of drug-likeness (QED) is 0.466. The Balaban J connectivity index is 3.20. The molecule has 0 aromatic rings. The van der Waals surface area contributed by atoms with Crippen molar-refractivity contribution in [3.05, 3.63) is 0 Å². The van der Waals surface area contributed by atoms with Crippen LogP contribution in [0.4, 0.5) is 0 Å². The third-order valence-corrected chi connectivity index (χ3v) is 2.93. The van der Waals surface area contributed by atoms with Gasteiger partial charge in [0.05, 0.1) is 0 Å². The van der Waals surface area contributed by atoms with E-state index in [0.717, 1.165) is 12.1 Å². The average molecular weight is 176 g/mol. The lowest BCUT2D eigenvalue weighted by Gasteiger charge is -2.11. The second-order valence-corrected chi connectivity index (χ2v) is 3.86. The summed E-state index contributed by atoms with van der Waals surface area (Å²) in [4.78, 5) is 8.75. The minimum atomic E-state index is 0.157. The lowest BCUT2D eigenvalue weighted by molar-refractivity contribution is 0.480. The molecule has 68 valence electrons. The van der Waals surface area contributed by atoms with Gasteiger partial charge in [-0.05, 0) is 12.1 Å². The van der Waals surface area contributed by atoms with Gasteiger partial charge in [-0.3, -0.25) is 0 Å². The lowest BCUT2D eigenvalue weighted by atomic mass is 10.0. The third-order valence-electron chi connectivity index (χ3n) is 2.17. The van der Waals surface area contributed by atoms with Gasteiger partial charge in [0.1, 0.15) is 0 Å². The van der Waals surface area contributed by atoms with Crippen LogP contribution in [0.25, 0.3) is 0 Å². The summed E-state index contributed by atoms with van der Waals surface area (Å²) in [7, 11) is 0.157. The zero-order chi connectivity index (χ0) is 8.53. The molecule has 0 amide bonds. The van der Waals surface area contributed by atoms with Gasteiger partial charge in [0.2, 0.25) is 0 Å². The first-order valence-corrected chi connectivity index (χ1v) is 5.87. The monoisotopic (exact) mass is 176 g/mol. The molecule has 1 N–H and O–H groups in total. The van der Waals surface area contributed by atoms with E-state index in [4.69, 9.17) is 4.89 Å². The normalized spacial score (nSPS) is 14.5. The number of hydrogen-bond acceptors (Lipinski definition) is 1. The van der Waals surface area contributed by atoms with E-state index in [0.29, 0.717) is 0 Å². The Bertz CT molecular complexity index is 76.0. The summed E-state index contributed by atoms with van der Waals surface area (Å²) in [6.07, 6.45) is 7.58. The van der Waals surface area contributed by atoms with Crippen molar-refractivity contribution in [3.8, 4) is 0 Å². The molecule has 2 atom stereocenters. The Labute approximate surface area is 72.5 Å². The van der Waals surface area contributed by atoms with Gasteiger partial charge < -0.3 is 4.89 Å². The SMILES string of the molecule is CCCCCC(CC)CPO. The minimum Gasteiger partial charge on any atom is -0.377 e. The zero-order valence-electron chi connectivity index (χ0n) is 7.77. The number of rotatable bonds is 7. The first kappa shape index (κ1) is 11.4. The largest absolute Gasteiger partial charge is 0.377 e. The average Bonchev–Trinajstić information content (AvgIpc) is 2.03. The molecule has 0 saturated heterocycles. The maximum absolute atomic E-state index is 8.75. The van der Waals surface area contributed by atoms with Crippen LogP contribution in [0.3, 0.4) is 0 Å². The number of hydrogen-bond donors (Lipinski definition) is 1. The van der Waals surface area contributed by atoms with Crippen molar-refractivity contribution in [3.63, 3.8) is 0 Å². The fraction of sp³-hybridized carbons (Fsp3) is 1.00. The summed E-state index contributed by atoms with van der Waals surface area (Å²) in [5, 5.41) is 0. The van der Waals surface area contributed by atoms with Gasteiger partial charge in [-0.15, -0.1) is 0 Å². The molecule has 2 unspecified atom stereocenters. The van der Waals surface area contributed by atoms with Crippen LogP contribution in [-0.2, 0) is 0 Å². The highest BCUT2D eigenvalue weighted by molar-refractivity contribution is 7.31. The van der Waals surface area contributed by atoms with Gasteiger partial charge in [0, 0.05) is 8.81 Å². The van der Waals surface area contributed by atoms with E-state index < -0.39 is 0 Å². The van der Waals surface area contributed by atoms with Crippen molar-refractivity contribution in [2.45, 2.75) is 46.0 Å². The van der Waals surface area contributed by atoms with Gasteiger partial charge >= 0.3 is 0 Å². The molecule has 0 aliphatic carbocycles. The molecule has 0 aromatic carbocycles. The van der Waals surface area contributed by atoms with Crippen LogP contribution in [0.2, 0.25) is 0 Å². The first-order chi connectivity index (χ1) is 5.35. The van der Waals surface area contributed by atoms with Crippen LogP contribution in [-0.4, -0.2) is 11.1 Å². The van der Waals surface area contributed by atoms with Crippen molar-refractivity contribution in [1.29, 1.82) is 0 Å². The molecule has 1 nitrogen and oxygen atoms in total. The maximum Gasteiger partial charge on any atom is 0.0110 e. The predicted molar refractivity (Wildman–Crippen MR) is 53.3 cm³/mol. The highest BCUT2D eigenvalue weighted by atomic mass is 31.1. The predicted octanol–water partition coefficient (Wildman–Crippen LogP) is 3.18. The third kappa shape index (κ3) is 6.77. The Kier molecular flexibility index (Phi) is 8.79. The Morgan fingerprint density at radius 1 is 1.27 bits per heavy atom. The van der Waals surface area contributed by atoms with Crippen molar-refractivity contribution >= 4 is 8.81 Å². The van der Waals surface area contributed by atoms with E-state index in [1.807, 2.05) is 0 Å². The molecule has 0 rings (SSSR count). The molecular weight excluding hydrogens is 155 g/mol. The van der Waals surface area contributed by atoms with Gasteiger partial charge in [0.25, 0.3) is 0 Å². The molecule has 0 heterocycles. The molecule has 0 spiro atoms. The molecule has 0 aromatic heterocycles. The van der Waals surface area contributed by atoms with E-state index in [1.165, 1.54) is 32.1 Å². The second-order valence-electron chi connectivity index (χ2n) is 3.13. The fourth-order valence-electron chi connectivity index (χ4n) is 1.26. The minimum absolute atomic E-state index is 0.157. The molecule has 2 heteroatoms. The van der Waals surface area contributed by atoms with E-state index in [-0.39, 0.29) is 8.81 Å². The summed E-state index contributed by atoms with van der Waals surface area (Å²) in [6, 6.07) is 0. The summed E-state index contributed by atoms with van der Waals surface area (Å²) in [5.74, 6) is 0.782. The summed E-state index contributed by atoms with van der Waals surface area (Å²) >= 11 is 0. The Morgan fingerprint density at radius 3 is 2.45 bits per heavy atom. The summed E-state index contributed by atoms with van der Waals surface area (Å²) in [6.45, 7) is 4.45. The summed E-state index contributed by atoms with van der Waals surface area (Å²) in [5.41, 5.74) is 0. The second kappa shape index (κ2) is 8.49. The molecule has 0 aliphatic rings. The smallest absolute Gasteiger partial charge is 0.0110 e.